The fourth-order valence-electron chi connectivity index (χ4n) is 1.06. The number of ether oxygens (including phenoxy) is 1. The molecule has 0 saturated carbocycles. The third kappa shape index (κ3) is 9.03. The Morgan fingerprint density at radius 1 is 1.53 bits per heavy atom. The maximum atomic E-state index is 11.4. The summed E-state index contributed by atoms with van der Waals surface area (Å²) in [5, 5.41) is 11.1. The van der Waals surface area contributed by atoms with Crippen molar-refractivity contribution in [2.45, 2.75) is 19.4 Å². The molecule has 98 valence electrons. The number of carboxylic acid groups (broad SMARTS) is 1. The van der Waals surface area contributed by atoms with Crippen LogP contribution < -0.4 is 5.32 Å². The zero-order valence-electron chi connectivity index (χ0n) is 9.52. The van der Waals surface area contributed by atoms with Crippen LogP contribution in [0.2, 0.25) is 0 Å². The van der Waals surface area contributed by atoms with Crippen LogP contribution in [0.3, 0.4) is 0 Å². The molecule has 2 unspecified atom stereocenters. The van der Waals surface area contributed by atoms with Gasteiger partial charge in [-0.1, -0.05) is 4.57 Å². The van der Waals surface area contributed by atoms with Gasteiger partial charge in [-0.2, -0.15) is 0 Å². The summed E-state index contributed by atoms with van der Waals surface area (Å²) in [6, 6.07) is -1.00. The molecule has 0 heterocycles. The molecule has 0 aromatic carbocycles. The van der Waals surface area contributed by atoms with E-state index in [0.717, 1.165) is 0 Å². The number of nitrogens with one attached hydrogen (secondary N) is 1. The Balaban J connectivity index is 3.91. The predicted molar refractivity (Wildman–Crippen MR) is 63.9 cm³/mol. The van der Waals surface area contributed by atoms with Gasteiger partial charge >= 0.3 is 13.8 Å². The van der Waals surface area contributed by atoms with Crippen molar-refractivity contribution in [2.75, 3.05) is 25.0 Å². The van der Waals surface area contributed by atoms with Gasteiger partial charge in [0.1, 0.15) is 6.04 Å². The van der Waals surface area contributed by atoms with Crippen molar-refractivity contribution in [3.8, 4) is 0 Å². The van der Waals surface area contributed by atoms with Crippen LogP contribution in [0.15, 0.2) is 0 Å². The largest absolute Gasteiger partial charge is 0.480 e. The Kier molecular flexibility index (Phi) is 8.94. The van der Waals surface area contributed by atoms with Crippen LogP contribution in [0.1, 0.15) is 13.3 Å². The van der Waals surface area contributed by atoms with Crippen LogP contribution in [0, 0.1) is 0 Å². The van der Waals surface area contributed by atoms with E-state index >= 15 is 0 Å². The second-order valence-electron chi connectivity index (χ2n) is 3.31. The van der Waals surface area contributed by atoms with Crippen molar-refractivity contribution in [3.05, 3.63) is 0 Å². The van der Waals surface area contributed by atoms with E-state index in [0.29, 0.717) is 12.5 Å². The highest BCUT2D eigenvalue weighted by Gasteiger charge is 2.24. The van der Waals surface area contributed by atoms with Gasteiger partial charge in [-0.05, 0) is 0 Å². The highest BCUT2D eigenvalue weighted by Crippen LogP contribution is 2.22. The first kappa shape index (κ1) is 16.3. The van der Waals surface area contributed by atoms with Crippen molar-refractivity contribution in [3.63, 3.8) is 0 Å². The summed E-state index contributed by atoms with van der Waals surface area (Å²) < 4.78 is 16.4. The Labute approximate surface area is 105 Å². The summed E-state index contributed by atoms with van der Waals surface area (Å²) in [6.07, 6.45) is 0.373. The molecule has 0 aliphatic heterocycles. The number of carbonyl (C=O) groups is 2. The van der Waals surface area contributed by atoms with Gasteiger partial charge in [-0.3, -0.25) is 4.79 Å². The van der Waals surface area contributed by atoms with Crippen LogP contribution in [0.25, 0.3) is 0 Å². The molecule has 0 fully saturated rings. The second kappa shape index (κ2) is 9.33. The maximum absolute atomic E-state index is 11.4. The summed E-state index contributed by atoms with van der Waals surface area (Å²) >= 11 is 5.37. The Morgan fingerprint density at radius 3 is 2.65 bits per heavy atom. The first-order valence-corrected chi connectivity index (χ1v) is 7.19. The molecule has 1 amide bonds. The fourth-order valence-corrected chi connectivity index (χ4v) is 2.18. The SMILES string of the molecule is CC(=O)NC(CC[P+](=O)COCCCl)C(=O)O. The van der Waals surface area contributed by atoms with Gasteiger partial charge < -0.3 is 15.2 Å². The van der Waals surface area contributed by atoms with Crippen molar-refractivity contribution in [1.29, 1.82) is 0 Å². The van der Waals surface area contributed by atoms with E-state index in [1.165, 1.54) is 6.92 Å². The zero-order valence-corrected chi connectivity index (χ0v) is 11.2. The third-order valence-corrected chi connectivity index (χ3v) is 3.18. The van der Waals surface area contributed by atoms with Crippen LogP contribution in [-0.2, 0) is 18.9 Å². The van der Waals surface area contributed by atoms with E-state index in [4.69, 9.17) is 21.4 Å². The smallest absolute Gasteiger partial charge is 0.367 e. The van der Waals surface area contributed by atoms with E-state index in [-0.39, 0.29) is 18.9 Å². The molecule has 0 saturated heterocycles. The molecule has 0 aromatic heterocycles. The lowest BCUT2D eigenvalue weighted by atomic mass is 10.2. The van der Waals surface area contributed by atoms with Crippen LogP contribution in [-0.4, -0.2) is 48.0 Å². The lowest BCUT2D eigenvalue weighted by Gasteiger charge is -2.09. The highest BCUT2D eigenvalue weighted by atomic mass is 35.5. The number of halogens is 1. The van der Waals surface area contributed by atoms with Gasteiger partial charge in [0, 0.05) is 19.2 Å². The third-order valence-electron chi connectivity index (χ3n) is 1.80. The molecule has 17 heavy (non-hydrogen) atoms. The normalized spacial score (nSPS) is 12.9. The number of amides is 1. The maximum Gasteiger partial charge on any atom is 0.367 e. The summed E-state index contributed by atoms with van der Waals surface area (Å²) in [4.78, 5) is 21.5. The van der Waals surface area contributed by atoms with Gasteiger partial charge in [-0.15, -0.1) is 11.6 Å². The van der Waals surface area contributed by atoms with Gasteiger partial charge in [0.15, 0.2) is 6.16 Å². The molecule has 0 rings (SSSR count). The van der Waals surface area contributed by atoms with Crippen molar-refractivity contribution >= 4 is 31.3 Å². The number of aliphatic carboxylic acids is 1. The van der Waals surface area contributed by atoms with Crippen LogP contribution in [0.4, 0.5) is 0 Å². The fraction of sp³-hybridized carbons (Fsp3) is 0.778. The van der Waals surface area contributed by atoms with E-state index < -0.39 is 25.7 Å². The van der Waals surface area contributed by atoms with Crippen molar-refractivity contribution in [1.82, 2.24) is 5.32 Å². The van der Waals surface area contributed by atoms with Gasteiger partial charge in [0.25, 0.3) is 0 Å². The first-order chi connectivity index (χ1) is 7.97. The van der Waals surface area contributed by atoms with Crippen molar-refractivity contribution < 1.29 is 24.0 Å². The van der Waals surface area contributed by atoms with E-state index in [2.05, 4.69) is 5.32 Å². The number of rotatable bonds is 9. The van der Waals surface area contributed by atoms with Gasteiger partial charge in [0.2, 0.25) is 12.3 Å². The first-order valence-electron chi connectivity index (χ1n) is 5.03. The molecule has 8 heteroatoms. The molecule has 2 atom stereocenters. The molecule has 0 aliphatic rings. The zero-order chi connectivity index (χ0) is 13.3. The molecule has 0 aliphatic carbocycles. The Hall–Kier alpha value is -0.710. The molecule has 0 spiro atoms. The standard InChI is InChI=1S/C9H15ClNO5P/c1-7(12)11-8(9(13)14)2-5-17(15)6-16-4-3-10/h8H,2-6H2,1H3,(H-,11,12,13,14)/p+1. The molecule has 2 N–H and O–H groups in total. The summed E-state index contributed by atoms with van der Waals surface area (Å²) in [7, 11) is -1.62. The second-order valence-corrected chi connectivity index (χ2v) is 5.36. The lowest BCUT2D eigenvalue weighted by Crippen LogP contribution is -2.39. The predicted octanol–water partition coefficient (Wildman–Crippen LogP) is 1.01. The van der Waals surface area contributed by atoms with Crippen LogP contribution >= 0.6 is 19.4 Å². The number of carbonyl (C=O) groups excluding carboxylic acids is 1. The Bertz CT molecular complexity index is 287. The molecule has 0 radical (unpaired) electrons. The minimum Gasteiger partial charge on any atom is -0.480 e. The van der Waals surface area contributed by atoms with Crippen molar-refractivity contribution in [2.24, 2.45) is 0 Å². The number of hydrogen-bond acceptors (Lipinski definition) is 4. The van der Waals surface area contributed by atoms with E-state index in [1.807, 2.05) is 0 Å². The molecule has 0 bridgehead atoms. The molecule has 6 nitrogen and oxygen atoms in total. The van der Waals surface area contributed by atoms with E-state index in [1.54, 1.807) is 0 Å². The average Bonchev–Trinajstić information content (AvgIpc) is 2.23. The van der Waals surface area contributed by atoms with E-state index in [9.17, 15) is 14.2 Å². The number of carboxylic acids is 1. The molecular weight excluding hydrogens is 269 g/mol. The van der Waals surface area contributed by atoms with Gasteiger partial charge in [0.05, 0.1) is 6.61 Å². The minimum atomic E-state index is -1.62. The quantitative estimate of drug-likeness (QED) is 0.374. The average molecular weight is 285 g/mol. The highest BCUT2D eigenvalue weighted by molar-refractivity contribution is 7.44. The molecule has 0 aromatic rings. The minimum absolute atomic E-state index is 0.0640. The molecular formula is C9H16ClNO5P+. The summed E-state index contributed by atoms with van der Waals surface area (Å²) in [6.45, 7) is 1.55. The topological polar surface area (TPSA) is 92.7 Å². The number of hydrogen-bond donors (Lipinski definition) is 2. The number of alkyl halides is 1. The summed E-state index contributed by atoms with van der Waals surface area (Å²) in [5.74, 6) is -1.23. The monoisotopic (exact) mass is 284 g/mol. The lowest BCUT2D eigenvalue weighted by molar-refractivity contribution is -0.141. The Morgan fingerprint density at radius 2 is 2.18 bits per heavy atom. The summed E-state index contributed by atoms with van der Waals surface area (Å²) in [5.41, 5.74) is 0. The van der Waals surface area contributed by atoms with Gasteiger partial charge in [-0.25, -0.2) is 4.79 Å². The van der Waals surface area contributed by atoms with Crippen LogP contribution in [0.5, 0.6) is 0 Å².